The minimum absolute atomic E-state index is 0.0289. The molecule has 0 radical (unpaired) electrons. The van der Waals surface area contributed by atoms with Crippen molar-refractivity contribution in [2.45, 2.75) is 26.3 Å². The van der Waals surface area contributed by atoms with E-state index in [-0.39, 0.29) is 23.7 Å². The van der Waals surface area contributed by atoms with Crippen LogP contribution in [-0.4, -0.2) is 40.0 Å². The Bertz CT molecular complexity index is 491. The van der Waals surface area contributed by atoms with Crippen LogP contribution in [-0.2, 0) is 16.1 Å². The number of carbonyl (C=O) groups excluding carboxylic acids is 1. The van der Waals surface area contributed by atoms with Crippen molar-refractivity contribution in [2.24, 2.45) is 0 Å². The summed E-state index contributed by atoms with van der Waals surface area (Å²) in [5.41, 5.74) is 0.885. The molecule has 0 fully saturated rings. The molecular formula is C11H16N2O4S. The third-order valence-corrected chi connectivity index (χ3v) is 3.43. The minimum atomic E-state index is -1.03. The number of rotatable bonds is 6. The Balaban J connectivity index is 2.40. The van der Waals surface area contributed by atoms with Gasteiger partial charge in [0, 0.05) is 31.1 Å². The smallest absolute Gasteiger partial charge is 0.323 e. The first kappa shape index (κ1) is 14.4. The number of carboxylic acids is 1. The summed E-state index contributed by atoms with van der Waals surface area (Å²) in [6, 6.07) is 0. The van der Waals surface area contributed by atoms with Gasteiger partial charge < -0.3 is 14.6 Å². The van der Waals surface area contributed by atoms with E-state index in [1.165, 1.54) is 11.9 Å². The highest BCUT2D eigenvalue weighted by atomic mass is 32.1. The lowest BCUT2D eigenvalue weighted by Crippen LogP contribution is -2.32. The highest BCUT2D eigenvalue weighted by Crippen LogP contribution is 2.03. The SMILES string of the molecule is Cc1csc(=O)n1CCCC(=O)N(C)CC(=O)O. The van der Waals surface area contributed by atoms with Crippen LogP contribution in [0.15, 0.2) is 10.2 Å². The van der Waals surface area contributed by atoms with Crippen LogP contribution in [0.3, 0.4) is 0 Å². The Kier molecular flexibility index (Phi) is 5.08. The van der Waals surface area contributed by atoms with E-state index in [1.807, 2.05) is 6.92 Å². The van der Waals surface area contributed by atoms with Crippen molar-refractivity contribution in [3.05, 3.63) is 20.7 Å². The number of hydrogen-bond acceptors (Lipinski definition) is 4. The molecule has 0 unspecified atom stereocenters. The van der Waals surface area contributed by atoms with Gasteiger partial charge in [0.05, 0.1) is 0 Å². The molecule has 0 bridgehead atoms. The molecule has 0 aromatic carbocycles. The van der Waals surface area contributed by atoms with Crippen molar-refractivity contribution in [2.75, 3.05) is 13.6 Å². The van der Waals surface area contributed by atoms with E-state index in [1.54, 1.807) is 9.95 Å². The van der Waals surface area contributed by atoms with Crippen LogP contribution in [0.1, 0.15) is 18.5 Å². The molecule has 100 valence electrons. The lowest BCUT2D eigenvalue weighted by molar-refractivity contribution is -0.143. The Morgan fingerprint density at radius 1 is 1.50 bits per heavy atom. The van der Waals surface area contributed by atoms with Crippen LogP contribution in [0, 0.1) is 6.92 Å². The zero-order chi connectivity index (χ0) is 13.7. The molecule has 1 amide bonds. The zero-order valence-electron chi connectivity index (χ0n) is 10.4. The highest BCUT2D eigenvalue weighted by molar-refractivity contribution is 7.07. The monoisotopic (exact) mass is 272 g/mol. The van der Waals surface area contributed by atoms with E-state index in [0.29, 0.717) is 13.0 Å². The van der Waals surface area contributed by atoms with Gasteiger partial charge in [-0.3, -0.25) is 14.4 Å². The van der Waals surface area contributed by atoms with E-state index in [0.717, 1.165) is 17.0 Å². The topological polar surface area (TPSA) is 79.6 Å². The van der Waals surface area contributed by atoms with E-state index in [2.05, 4.69) is 0 Å². The first-order chi connectivity index (χ1) is 8.41. The maximum absolute atomic E-state index is 11.6. The molecule has 6 nitrogen and oxygen atoms in total. The summed E-state index contributed by atoms with van der Waals surface area (Å²) in [7, 11) is 1.46. The Hall–Kier alpha value is -1.63. The number of carbonyl (C=O) groups is 2. The van der Waals surface area contributed by atoms with Crippen molar-refractivity contribution < 1.29 is 14.7 Å². The number of amides is 1. The summed E-state index contributed by atoms with van der Waals surface area (Å²) in [5, 5.41) is 10.3. The fraction of sp³-hybridized carbons (Fsp3) is 0.545. The number of likely N-dealkylation sites (N-methyl/N-ethyl adjacent to an activating group) is 1. The number of nitrogens with zero attached hydrogens (tertiary/aromatic N) is 2. The molecule has 0 aliphatic rings. The van der Waals surface area contributed by atoms with Gasteiger partial charge in [0.1, 0.15) is 6.54 Å². The molecule has 1 aromatic rings. The standard InChI is InChI=1S/C11H16N2O4S/c1-8-7-18-11(17)13(8)5-3-4-9(14)12(2)6-10(15)16/h7H,3-6H2,1-2H3,(H,15,16). The number of aromatic nitrogens is 1. The number of aliphatic carboxylic acids is 1. The third kappa shape index (κ3) is 3.99. The van der Waals surface area contributed by atoms with Crippen LogP contribution in [0.5, 0.6) is 0 Å². The van der Waals surface area contributed by atoms with Gasteiger partial charge in [-0.25, -0.2) is 0 Å². The fourth-order valence-corrected chi connectivity index (χ4v) is 2.31. The minimum Gasteiger partial charge on any atom is -0.480 e. The first-order valence-electron chi connectivity index (χ1n) is 5.52. The third-order valence-electron chi connectivity index (χ3n) is 2.55. The first-order valence-corrected chi connectivity index (χ1v) is 6.40. The number of hydrogen-bond donors (Lipinski definition) is 1. The molecule has 0 atom stereocenters. The molecule has 0 spiro atoms. The molecule has 1 N–H and O–H groups in total. The molecule has 0 aliphatic carbocycles. The molecule has 18 heavy (non-hydrogen) atoms. The molecule has 1 rings (SSSR count). The molecule has 0 saturated heterocycles. The van der Waals surface area contributed by atoms with Crippen LogP contribution in [0.2, 0.25) is 0 Å². The number of thiazole rings is 1. The van der Waals surface area contributed by atoms with Gasteiger partial charge in [-0.1, -0.05) is 11.3 Å². The van der Waals surface area contributed by atoms with Gasteiger partial charge in [-0.05, 0) is 13.3 Å². The molecule has 7 heteroatoms. The van der Waals surface area contributed by atoms with E-state index in [4.69, 9.17) is 5.11 Å². The number of carboxylic acid groups (broad SMARTS) is 1. The molecule has 0 saturated carbocycles. The van der Waals surface area contributed by atoms with Gasteiger partial charge in [0.25, 0.3) is 0 Å². The van der Waals surface area contributed by atoms with Gasteiger partial charge in [-0.2, -0.15) is 0 Å². The van der Waals surface area contributed by atoms with Gasteiger partial charge in [0.2, 0.25) is 5.91 Å². The quantitative estimate of drug-likeness (QED) is 0.819. The van der Waals surface area contributed by atoms with Crippen molar-refractivity contribution in [3.63, 3.8) is 0 Å². The average Bonchev–Trinajstić information content (AvgIpc) is 2.59. The lowest BCUT2D eigenvalue weighted by atomic mass is 10.2. The van der Waals surface area contributed by atoms with Crippen molar-refractivity contribution >= 4 is 23.2 Å². The average molecular weight is 272 g/mol. The Labute approximate surface area is 108 Å². The maximum atomic E-state index is 11.6. The predicted octanol–water partition coefficient (Wildman–Crippen LogP) is 0.541. The van der Waals surface area contributed by atoms with E-state index >= 15 is 0 Å². The highest BCUT2D eigenvalue weighted by Gasteiger charge is 2.12. The Morgan fingerprint density at radius 2 is 2.17 bits per heavy atom. The van der Waals surface area contributed by atoms with Gasteiger partial charge in [-0.15, -0.1) is 0 Å². The van der Waals surface area contributed by atoms with Crippen molar-refractivity contribution in [1.82, 2.24) is 9.47 Å². The molecule has 1 heterocycles. The molecule has 0 aliphatic heterocycles. The second-order valence-corrected chi connectivity index (χ2v) is 4.86. The van der Waals surface area contributed by atoms with Crippen molar-refractivity contribution in [3.8, 4) is 0 Å². The zero-order valence-corrected chi connectivity index (χ0v) is 11.2. The lowest BCUT2D eigenvalue weighted by Gasteiger charge is -2.14. The second kappa shape index (κ2) is 6.34. The summed E-state index contributed by atoms with van der Waals surface area (Å²) >= 11 is 1.14. The summed E-state index contributed by atoms with van der Waals surface area (Å²) < 4.78 is 1.62. The Morgan fingerprint density at radius 3 is 2.67 bits per heavy atom. The van der Waals surface area contributed by atoms with E-state index < -0.39 is 5.97 Å². The largest absolute Gasteiger partial charge is 0.480 e. The summed E-state index contributed by atoms with van der Waals surface area (Å²) in [5.74, 6) is -1.26. The summed E-state index contributed by atoms with van der Waals surface area (Å²) in [6.45, 7) is 2.04. The maximum Gasteiger partial charge on any atom is 0.323 e. The molecular weight excluding hydrogens is 256 g/mol. The van der Waals surface area contributed by atoms with Crippen LogP contribution >= 0.6 is 11.3 Å². The van der Waals surface area contributed by atoms with E-state index in [9.17, 15) is 14.4 Å². The van der Waals surface area contributed by atoms with Crippen molar-refractivity contribution in [1.29, 1.82) is 0 Å². The predicted molar refractivity (Wildman–Crippen MR) is 67.8 cm³/mol. The van der Waals surface area contributed by atoms with Gasteiger partial charge in [0.15, 0.2) is 0 Å². The van der Waals surface area contributed by atoms with Crippen LogP contribution in [0.25, 0.3) is 0 Å². The molecule has 1 aromatic heterocycles. The van der Waals surface area contributed by atoms with Crippen LogP contribution < -0.4 is 4.87 Å². The number of aryl methyl sites for hydroxylation is 1. The summed E-state index contributed by atoms with van der Waals surface area (Å²) in [6.07, 6.45) is 0.770. The summed E-state index contributed by atoms with van der Waals surface area (Å²) in [4.78, 5) is 34.5. The van der Waals surface area contributed by atoms with Gasteiger partial charge >= 0.3 is 10.8 Å². The van der Waals surface area contributed by atoms with Crippen LogP contribution in [0.4, 0.5) is 0 Å². The second-order valence-electron chi connectivity index (χ2n) is 4.04. The fourth-order valence-electron chi connectivity index (χ4n) is 1.54. The normalized spacial score (nSPS) is 10.3.